The van der Waals surface area contributed by atoms with Gasteiger partial charge in [-0.1, -0.05) is 78.3 Å². The van der Waals surface area contributed by atoms with Crippen molar-refractivity contribution in [2.75, 3.05) is 18.0 Å². The lowest BCUT2D eigenvalue weighted by Gasteiger charge is -2.35. The Hall–Kier alpha value is -4.34. The Morgan fingerprint density at radius 2 is 1.44 bits per heavy atom. The van der Waals surface area contributed by atoms with Gasteiger partial charge in [0, 0.05) is 23.5 Å². The summed E-state index contributed by atoms with van der Waals surface area (Å²) in [6.07, 6.45) is 0.226. The molecule has 10 heteroatoms. The molecule has 4 aromatic rings. The second-order valence-electron chi connectivity index (χ2n) is 11.6. The number of amides is 2. The van der Waals surface area contributed by atoms with Crippen LogP contribution in [0.5, 0.6) is 5.75 Å². The fourth-order valence-electron chi connectivity index (χ4n) is 4.82. The van der Waals surface area contributed by atoms with Gasteiger partial charge in [0.05, 0.1) is 17.7 Å². The van der Waals surface area contributed by atoms with Gasteiger partial charge in [0.1, 0.15) is 18.3 Å². The number of carbonyl (C=O) groups excluding carboxylic acids is 2. The quantitative estimate of drug-likeness (QED) is 0.201. The lowest BCUT2D eigenvalue weighted by Crippen LogP contribution is -2.56. The van der Waals surface area contributed by atoms with Gasteiger partial charge in [-0.15, -0.1) is 0 Å². The molecule has 1 atom stereocenters. The highest BCUT2D eigenvalue weighted by Gasteiger charge is 2.35. The van der Waals surface area contributed by atoms with Crippen molar-refractivity contribution in [1.29, 1.82) is 0 Å². The number of anilines is 1. The Kier molecular flexibility index (Phi) is 10.9. The van der Waals surface area contributed by atoms with Crippen LogP contribution in [0.15, 0.2) is 114 Å². The molecule has 236 valence electrons. The number of carbonyl (C=O) groups is 2. The van der Waals surface area contributed by atoms with Gasteiger partial charge >= 0.3 is 0 Å². The average Bonchev–Trinajstić information content (AvgIpc) is 3.01. The van der Waals surface area contributed by atoms with Crippen molar-refractivity contribution >= 4 is 39.1 Å². The molecule has 0 fully saturated rings. The summed E-state index contributed by atoms with van der Waals surface area (Å²) in [4.78, 5) is 29.8. The number of nitrogens with one attached hydrogen (secondary N) is 1. The summed E-state index contributed by atoms with van der Waals surface area (Å²) in [7, 11) is -2.77. The molecular weight excluding hydrogens is 610 g/mol. The van der Waals surface area contributed by atoms with Crippen molar-refractivity contribution in [2.24, 2.45) is 0 Å². The van der Waals surface area contributed by atoms with Crippen LogP contribution in [0.2, 0.25) is 5.02 Å². The van der Waals surface area contributed by atoms with Gasteiger partial charge < -0.3 is 15.0 Å². The maximum Gasteiger partial charge on any atom is 0.264 e. The Morgan fingerprint density at radius 3 is 2.00 bits per heavy atom. The third-order valence-electron chi connectivity index (χ3n) is 6.99. The number of hydrogen-bond donors (Lipinski definition) is 1. The highest BCUT2D eigenvalue weighted by Crippen LogP contribution is 2.28. The van der Waals surface area contributed by atoms with Crippen LogP contribution in [0, 0.1) is 0 Å². The first-order valence-electron chi connectivity index (χ1n) is 14.5. The fourth-order valence-corrected chi connectivity index (χ4v) is 6.41. The van der Waals surface area contributed by atoms with Gasteiger partial charge in [-0.3, -0.25) is 13.9 Å². The molecular formula is C35H38ClN3O5S. The fraction of sp³-hybridized carbons (Fsp3) is 0.257. The molecule has 2 amide bonds. The third kappa shape index (κ3) is 9.09. The highest BCUT2D eigenvalue weighted by molar-refractivity contribution is 7.92. The summed E-state index contributed by atoms with van der Waals surface area (Å²) in [5.41, 5.74) is 1.29. The smallest absolute Gasteiger partial charge is 0.264 e. The monoisotopic (exact) mass is 647 g/mol. The number of nitrogens with zero attached hydrogens (tertiary/aromatic N) is 2. The first-order valence-corrected chi connectivity index (χ1v) is 16.3. The van der Waals surface area contributed by atoms with Gasteiger partial charge in [-0.05, 0) is 74.4 Å². The van der Waals surface area contributed by atoms with Gasteiger partial charge in [0.15, 0.2) is 0 Å². The zero-order valence-electron chi connectivity index (χ0n) is 25.8. The second-order valence-corrected chi connectivity index (χ2v) is 13.9. The largest absolute Gasteiger partial charge is 0.497 e. The molecule has 1 unspecified atom stereocenters. The van der Waals surface area contributed by atoms with E-state index < -0.39 is 34.1 Å². The Morgan fingerprint density at radius 1 is 0.844 bits per heavy atom. The van der Waals surface area contributed by atoms with E-state index in [1.54, 1.807) is 30.3 Å². The maximum atomic E-state index is 14.5. The molecule has 0 saturated heterocycles. The van der Waals surface area contributed by atoms with Crippen LogP contribution in [0.25, 0.3) is 0 Å². The molecule has 45 heavy (non-hydrogen) atoms. The molecule has 0 radical (unpaired) electrons. The number of sulfonamides is 1. The third-order valence-corrected chi connectivity index (χ3v) is 9.01. The Labute approximate surface area is 270 Å². The number of ether oxygens (including phenoxy) is 1. The molecule has 4 aromatic carbocycles. The number of benzene rings is 4. The van der Waals surface area contributed by atoms with Crippen molar-refractivity contribution in [2.45, 2.75) is 50.2 Å². The molecule has 0 heterocycles. The van der Waals surface area contributed by atoms with E-state index in [1.807, 2.05) is 81.4 Å². The lowest BCUT2D eigenvalue weighted by molar-refractivity contribution is -0.140. The summed E-state index contributed by atoms with van der Waals surface area (Å²) in [5.74, 6) is -0.411. The van der Waals surface area contributed by atoms with E-state index in [4.69, 9.17) is 16.3 Å². The second kappa shape index (κ2) is 14.6. The number of hydrogen-bond acceptors (Lipinski definition) is 5. The summed E-state index contributed by atoms with van der Waals surface area (Å²) < 4.78 is 34.5. The van der Waals surface area contributed by atoms with Gasteiger partial charge in [-0.25, -0.2) is 8.42 Å². The minimum atomic E-state index is -4.26. The zero-order valence-corrected chi connectivity index (χ0v) is 27.4. The molecule has 0 saturated carbocycles. The normalized spacial score (nSPS) is 12.2. The van der Waals surface area contributed by atoms with Crippen molar-refractivity contribution < 1.29 is 22.7 Å². The molecule has 4 rings (SSSR count). The van der Waals surface area contributed by atoms with Crippen LogP contribution >= 0.6 is 11.6 Å². The summed E-state index contributed by atoms with van der Waals surface area (Å²) in [5, 5.41) is 3.33. The van der Waals surface area contributed by atoms with Gasteiger partial charge in [0.2, 0.25) is 11.8 Å². The Bertz CT molecular complexity index is 1690. The summed E-state index contributed by atoms with van der Waals surface area (Å²) in [6, 6.07) is 30.0. The van der Waals surface area contributed by atoms with E-state index in [1.165, 1.54) is 30.2 Å². The topological polar surface area (TPSA) is 96.0 Å². The van der Waals surface area contributed by atoms with E-state index in [-0.39, 0.29) is 29.5 Å². The predicted molar refractivity (Wildman–Crippen MR) is 178 cm³/mol. The molecule has 0 aliphatic heterocycles. The van der Waals surface area contributed by atoms with Gasteiger partial charge in [0.25, 0.3) is 10.0 Å². The van der Waals surface area contributed by atoms with Crippen molar-refractivity contribution in [3.63, 3.8) is 0 Å². The van der Waals surface area contributed by atoms with Crippen LogP contribution in [-0.4, -0.2) is 50.4 Å². The van der Waals surface area contributed by atoms with E-state index in [0.29, 0.717) is 10.8 Å². The lowest BCUT2D eigenvalue weighted by atomic mass is 10.0. The number of methoxy groups -OCH3 is 1. The summed E-state index contributed by atoms with van der Waals surface area (Å²) in [6.45, 7) is 5.12. The highest BCUT2D eigenvalue weighted by atomic mass is 35.5. The standard InChI is InChI=1S/C35H38ClN3O5S/c1-35(2,3)37-34(41)32(22-26-12-7-5-8-13-26)38(24-27-14-9-6-10-15-27)33(40)25-39(29-17-11-16-28(36)23-29)45(42,43)31-20-18-30(44-4)19-21-31/h5-21,23,32H,22,24-25H2,1-4H3,(H,37,41). The predicted octanol–water partition coefficient (Wildman–Crippen LogP) is 6.10. The van der Waals surface area contributed by atoms with Crippen LogP contribution in [-0.2, 0) is 32.6 Å². The van der Waals surface area contributed by atoms with E-state index >= 15 is 0 Å². The minimum absolute atomic E-state index is 0.0306. The van der Waals surface area contributed by atoms with Crippen molar-refractivity contribution in [1.82, 2.24) is 10.2 Å². The Balaban J connectivity index is 1.80. The van der Waals surface area contributed by atoms with Crippen LogP contribution in [0.1, 0.15) is 31.9 Å². The van der Waals surface area contributed by atoms with Crippen LogP contribution < -0.4 is 14.4 Å². The average molecular weight is 648 g/mol. The maximum absolute atomic E-state index is 14.5. The molecule has 0 aromatic heterocycles. The van der Waals surface area contributed by atoms with E-state index in [9.17, 15) is 18.0 Å². The minimum Gasteiger partial charge on any atom is -0.497 e. The zero-order chi connectivity index (χ0) is 32.6. The number of rotatable bonds is 12. The van der Waals surface area contributed by atoms with Gasteiger partial charge in [-0.2, -0.15) is 0 Å². The van der Waals surface area contributed by atoms with E-state index in [0.717, 1.165) is 15.4 Å². The summed E-state index contributed by atoms with van der Waals surface area (Å²) >= 11 is 6.29. The van der Waals surface area contributed by atoms with E-state index in [2.05, 4.69) is 5.32 Å². The first kappa shape index (κ1) is 33.6. The molecule has 0 aliphatic rings. The van der Waals surface area contributed by atoms with Crippen LogP contribution in [0.3, 0.4) is 0 Å². The van der Waals surface area contributed by atoms with Crippen LogP contribution in [0.4, 0.5) is 5.69 Å². The molecule has 8 nitrogen and oxygen atoms in total. The molecule has 0 spiro atoms. The molecule has 0 aliphatic carbocycles. The van der Waals surface area contributed by atoms with Crippen molar-refractivity contribution in [3.8, 4) is 5.75 Å². The van der Waals surface area contributed by atoms with Crippen molar-refractivity contribution in [3.05, 3.63) is 125 Å². The number of halogens is 1. The molecule has 0 bridgehead atoms. The SMILES string of the molecule is COc1ccc(S(=O)(=O)N(CC(=O)N(Cc2ccccc2)C(Cc2ccccc2)C(=O)NC(C)(C)C)c2cccc(Cl)c2)cc1. The molecule has 1 N–H and O–H groups in total. The first-order chi connectivity index (χ1) is 21.4.